The Morgan fingerprint density at radius 1 is 1.33 bits per heavy atom. The second-order valence-corrected chi connectivity index (χ2v) is 5.57. The maximum absolute atomic E-state index is 11.8. The van der Waals surface area contributed by atoms with Crippen molar-refractivity contribution in [1.82, 2.24) is 20.3 Å². The van der Waals surface area contributed by atoms with Gasteiger partial charge < -0.3 is 20.9 Å². The van der Waals surface area contributed by atoms with Gasteiger partial charge in [0, 0.05) is 26.2 Å². The highest BCUT2D eigenvalue weighted by molar-refractivity contribution is 5.80. The van der Waals surface area contributed by atoms with E-state index in [1.807, 2.05) is 13.8 Å². The monoisotopic (exact) mass is 293 g/mol. The molecular weight excluding hydrogens is 270 g/mol. The third-order valence-electron chi connectivity index (χ3n) is 3.19. The number of likely N-dealkylation sites (N-methyl/N-ethyl adjacent to an activating group) is 1. The van der Waals surface area contributed by atoms with Gasteiger partial charge in [-0.2, -0.15) is 15.0 Å². The molecule has 21 heavy (non-hydrogen) atoms. The number of nitrogens with zero attached hydrogens (tertiary/aromatic N) is 5. The molecule has 0 aliphatic carbocycles. The zero-order valence-corrected chi connectivity index (χ0v) is 12.8. The third kappa shape index (κ3) is 4.17. The maximum Gasteiger partial charge on any atom is 0.239 e. The molecule has 2 heterocycles. The summed E-state index contributed by atoms with van der Waals surface area (Å²) in [5.41, 5.74) is 5.76. The van der Waals surface area contributed by atoms with Crippen LogP contribution in [-0.2, 0) is 4.79 Å². The number of nitrogen functional groups attached to an aromatic ring is 1. The van der Waals surface area contributed by atoms with Crippen LogP contribution in [0.1, 0.15) is 26.7 Å². The van der Waals surface area contributed by atoms with Gasteiger partial charge in [0.25, 0.3) is 0 Å². The van der Waals surface area contributed by atoms with Crippen LogP contribution in [0.5, 0.6) is 0 Å². The number of hydrogen-bond donors (Lipinski definition) is 2. The van der Waals surface area contributed by atoms with E-state index in [-0.39, 0.29) is 24.4 Å². The molecule has 1 saturated heterocycles. The maximum atomic E-state index is 11.8. The van der Waals surface area contributed by atoms with Crippen LogP contribution in [0.4, 0.5) is 17.8 Å². The number of anilines is 3. The van der Waals surface area contributed by atoms with Gasteiger partial charge in [0.05, 0.1) is 6.54 Å². The van der Waals surface area contributed by atoms with Crippen LogP contribution in [0.2, 0.25) is 0 Å². The fourth-order valence-corrected chi connectivity index (χ4v) is 2.25. The Bertz CT molecular complexity index is 499. The first kappa shape index (κ1) is 15.3. The molecule has 2 rings (SSSR count). The lowest BCUT2D eigenvalue weighted by molar-refractivity contribution is -0.120. The van der Waals surface area contributed by atoms with E-state index in [4.69, 9.17) is 5.73 Å². The highest BCUT2D eigenvalue weighted by atomic mass is 16.2. The fourth-order valence-electron chi connectivity index (χ4n) is 2.25. The lowest BCUT2D eigenvalue weighted by Gasteiger charge is -2.20. The Kier molecular flexibility index (Phi) is 4.77. The van der Waals surface area contributed by atoms with Crippen molar-refractivity contribution in [3.63, 3.8) is 0 Å². The largest absolute Gasteiger partial charge is 0.368 e. The molecule has 1 aliphatic rings. The number of nitrogens with two attached hydrogens (primary N) is 1. The van der Waals surface area contributed by atoms with Crippen molar-refractivity contribution in [2.24, 2.45) is 0 Å². The van der Waals surface area contributed by atoms with Crippen LogP contribution < -0.4 is 20.9 Å². The molecule has 116 valence electrons. The summed E-state index contributed by atoms with van der Waals surface area (Å²) in [6.07, 6.45) is 2.26. The summed E-state index contributed by atoms with van der Waals surface area (Å²) < 4.78 is 0. The minimum absolute atomic E-state index is 0.0748. The molecule has 0 aromatic carbocycles. The molecule has 3 N–H and O–H groups in total. The molecule has 1 fully saturated rings. The van der Waals surface area contributed by atoms with Gasteiger partial charge in [-0.25, -0.2) is 0 Å². The van der Waals surface area contributed by atoms with E-state index < -0.39 is 0 Å². The molecule has 1 amide bonds. The number of carbonyl (C=O) groups excluding carboxylic acids is 1. The lowest BCUT2D eigenvalue weighted by atomic mass is 10.4. The van der Waals surface area contributed by atoms with E-state index in [9.17, 15) is 4.79 Å². The van der Waals surface area contributed by atoms with Crippen molar-refractivity contribution in [2.75, 3.05) is 42.2 Å². The van der Waals surface area contributed by atoms with E-state index in [0.29, 0.717) is 11.9 Å². The van der Waals surface area contributed by atoms with Crippen LogP contribution in [0, 0.1) is 0 Å². The van der Waals surface area contributed by atoms with Gasteiger partial charge in [0.15, 0.2) is 0 Å². The summed E-state index contributed by atoms with van der Waals surface area (Å²) in [4.78, 5) is 28.3. The molecule has 1 aromatic heterocycles. The summed E-state index contributed by atoms with van der Waals surface area (Å²) in [5, 5.41) is 2.83. The van der Waals surface area contributed by atoms with Crippen molar-refractivity contribution < 1.29 is 4.79 Å². The SMILES string of the molecule is CC(C)NC(=O)CN(C)c1nc(N)nc(N2CCCC2)n1. The molecule has 8 heteroatoms. The van der Waals surface area contributed by atoms with Gasteiger partial charge in [-0.3, -0.25) is 4.79 Å². The number of carbonyl (C=O) groups is 1. The number of rotatable bonds is 5. The fraction of sp³-hybridized carbons (Fsp3) is 0.692. The summed E-state index contributed by atoms with van der Waals surface area (Å²) in [6, 6.07) is 0.106. The minimum Gasteiger partial charge on any atom is -0.368 e. The zero-order valence-electron chi connectivity index (χ0n) is 12.8. The number of nitrogens with one attached hydrogen (secondary N) is 1. The first-order chi connectivity index (χ1) is 9.95. The van der Waals surface area contributed by atoms with Crippen LogP contribution in [-0.4, -0.2) is 53.6 Å². The van der Waals surface area contributed by atoms with E-state index >= 15 is 0 Å². The molecule has 0 bridgehead atoms. The third-order valence-corrected chi connectivity index (χ3v) is 3.19. The Morgan fingerprint density at radius 3 is 2.62 bits per heavy atom. The molecule has 0 spiro atoms. The normalized spacial score (nSPS) is 14.6. The average molecular weight is 293 g/mol. The van der Waals surface area contributed by atoms with Crippen LogP contribution in [0.25, 0.3) is 0 Å². The van der Waals surface area contributed by atoms with E-state index in [1.165, 1.54) is 0 Å². The number of aromatic nitrogens is 3. The van der Waals surface area contributed by atoms with Crippen molar-refractivity contribution in [3.8, 4) is 0 Å². The van der Waals surface area contributed by atoms with Crippen LogP contribution in [0.15, 0.2) is 0 Å². The molecule has 0 radical (unpaired) electrons. The summed E-state index contributed by atoms with van der Waals surface area (Å²) in [7, 11) is 1.77. The predicted octanol–water partition coefficient (Wildman–Crippen LogP) is 0.0148. The van der Waals surface area contributed by atoms with Gasteiger partial charge in [-0.1, -0.05) is 0 Å². The predicted molar refractivity (Wildman–Crippen MR) is 82.2 cm³/mol. The second-order valence-electron chi connectivity index (χ2n) is 5.57. The first-order valence-electron chi connectivity index (χ1n) is 7.22. The van der Waals surface area contributed by atoms with Gasteiger partial charge in [-0.15, -0.1) is 0 Å². The molecule has 0 saturated carbocycles. The molecular formula is C13H23N7O. The number of hydrogen-bond acceptors (Lipinski definition) is 7. The van der Waals surface area contributed by atoms with Gasteiger partial charge >= 0.3 is 0 Å². The highest BCUT2D eigenvalue weighted by Crippen LogP contribution is 2.18. The van der Waals surface area contributed by atoms with E-state index in [2.05, 4.69) is 25.2 Å². The van der Waals surface area contributed by atoms with Gasteiger partial charge in [0.1, 0.15) is 0 Å². The smallest absolute Gasteiger partial charge is 0.239 e. The molecule has 0 unspecified atom stereocenters. The van der Waals surface area contributed by atoms with Crippen LogP contribution in [0.3, 0.4) is 0 Å². The van der Waals surface area contributed by atoms with Crippen molar-refractivity contribution in [3.05, 3.63) is 0 Å². The number of amides is 1. The van der Waals surface area contributed by atoms with Crippen molar-refractivity contribution >= 4 is 23.8 Å². The summed E-state index contributed by atoms with van der Waals surface area (Å²) in [6.45, 7) is 5.89. The Balaban J connectivity index is 2.09. The Labute approximate surface area is 124 Å². The zero-order chi connectivity index (χ0) is 15.4. The molecule has 0 atom stereocenters. The summed E-state index contributed by atoms with van der Waals surface area (Å²) >= 11 is 0. The van der Waals surface area contributed by atoms with Gasteiger partial charge in [-0.05, 0) is 26.7 Å². The van der Waals surface area contributed by atoms with Crippen molar-refractivity contribution in [2.45, 2.75) is 32.7 Å². The first-order valence-corrected chi connectivity index (χ1v) is 7.22. The topological polar surface area (TPSA) is 100 Å². The summed E-state index contributed by atoms with van der Waals surface area (Å²) in [5.74, 6) is 1.11. The second kappa shape index (κ2) is 6.55. The van der Waals surface area contributed by atoms with Crippen molar-refractivity contribution in [1.29, 1.82) is 0 Å². The Hall–Kier alpha value is -2.12. The highest BCUT2D eigenvalue weighted by Gasteiger charge is 2.18. The average Bonchev–Trinajstić information content (AvgIpc) is 2.90. The van der Waals surface area contributed by atoms with E-state index in [0.717, 1.165) is 25.9 Å². The standard InChI is InChI=1S/C13H23N7O/c1-9(2)15-10(21)8-19(3)12-16-11(14)17-13(18-12)20-6-4-5-7-20/h9H,4-8H2,1-3H3,(H,15,21)(H2,14,16,17,18). The minimum atomic E-state index is -0.0748. The molecule has 1 aromatic rings. The molecule has 8 nitrogen and oxygen atoms in total. The Morgan fingerprint density at radius 2 is 2.00 bits per heavy atom. The quantitative estimate of drug-likeness (QED) is 0.789. The molecule has 1 aliphatic heterocycles. The van der Waals surface area contributed by atoms with Crippen LogP contribution >= 0.6 is 0 Å². The van der Waals surface area contributed by atoms with E-state index in [1.54, 1.807) is 11.9 Å². The lowest BCUT2D eigenvalue weighted by Crippen LogP contribution is -2.39. The van der Waals surface area contributed by atoms with Gasteiger partial charge in [0.2, 0.25) is 23.8 Å².